The van der Waals surface area contributed by atoms with Gasteiger partial charge in [-0.25, -0.2) is 0 Å². The van der Waals surface area contributed by atoms with Crippen molar-refractivity contribution in [2.24, 2.45) is 0 Å². The molecule has 0 amide bonds. The summed E-state index contributed by atoms with van der Waals surface area (Å²) in [6.07, 6.45) is 4.59. The molecule has 4 aliphatic heterocycles. The summed E-state index contributed by atoms with van der Waals surface area (Å²) in [5.41, 5.74) is 29.6. The Kier molecular flexibility index (Phi) is 10.6. The molecule has 1 saturated carbocycles. The second-order valence-corrected chi connectivity index (χ2v) is 24.2. The molecule has 0 radical (unpaired) electrons. The van der Waals surface area contributed by atoms with Crippen molar-refractivity contribution in [3.63, 3.8) is 0 Å². The number of rotatable bonds is 8. The lowest BCUT2D eigenvalue weighted by atomic mass is 9.28. The minimum Gasteiger partial charge on any atom is -0.334 e. The second-order valence-electron chi connectivity index (χ2n) is 24.2. The van der Waals surface area contributed by atoms with E-state index in [0.29, 0.717) is 0 Å². The van der Waals surface area contributed by atoms with Crippen LogP contribution in [0.15, 0.2) is 255 Å². The van der Waals surface area contributed by atoms with Gasteiger partial charge < -0.3 is 14.7 Å². The number of anilines is 8. The van der Waals surface area contributed by atoms with Crippen molar-refractivity contribution in [3.8, 4) is 55.6 Å². The van der Waals surface area contributed by atoms with Crippen molar-refractivity contribution in [2.45, 2.75) is 69.7 Å². The number of hydrogen-bond acceptors (Lipinski definition) is 3. The van der Waals surface area contributed by atoms with E-state index in [2.05, 4.69) is 297 Å². The van der Waals surface area contributed by atoms with Gasteiger partial charge in [-0.3, -0.25) is 0 Å². The standard InChI is InChI=1S/C77H62BN3/c1-75(2)62-40-24-42-66-70(62)78-71-63(75)41-25-43-67(71)80(74-60(54-32-16-8-17-33-54)38-23-39-61(74)55-34-18-9-19-35-55)69-50-57(81-65-45-44-56(51-26-10-5-11-27-51)48-64(65)76(3)46-20-21-47-77(76,81)4)49-68(72(69)78)79(66)73-58(52-28-12-6-13-29-52)36-22-37-59(73)53-30-14-7-15-31-53/h5-19,22-45,48-50H,20-21,46-47H2,1-4H3. The minimum absolute atomic E-state index is 0.0371. The first-order chi connectivity index (χ1) is 39.7. The fourth-order valence-electron chi connectivity index (χ4n) is 15.8. The molecular weight excluding hydrogens is 978 g/mol. The van der Waals surface area contributed by atoms with E-state index in [9.17, 15) is 0 Å². The van der Waals surface area contributed by atoms with E-state index in [1.807, 2.05) is 0 Å². The molecule has 0 aromatic heterocycles. The van der Waals surface area contributed by atoms with Crippen LogP contribution in [0.5, 0.6) is 0 Å². The van der Waals surface area contributed by atoms with Gasteiger partial charge in [0.25, 0.3) is 6.71 Å². The fraction of sp³-hybridized carbons (Fsp3) is 0.143. The van der Waals surface area contributed by atoms with Crippen molar-refractivity contribution in [3.05, 3.63) is 271 Å². The highest BCUT2D eigenvalue weighted by molar-refractivity contribution is 7.01. The van der Waals surface area contributed by atoms with Gasteiger partial charge in [-0.2, -0.15) is 0 Å². The van der Waals surface area contributed by atoms with Gasteiger partial charge in [-0.05, 0) is 123 Å². The summed E-state index contributed by atoms with van der Waals surface area (Å²) in [6.45, 7) is 10.1. The number of hydrogen-bond donors (Lipinski definition) is 0. The highest BCUT2D eigenvalue weighted by atomic mass is 15.3. The number of fused-ring (bicyclic) bond motifs is 3. The van der Waals surface area contributed by atoms with Gasteiger partial charge in [-0.1, -0.05) is 252 Å². The zero-order valence-corrected chi connectivity index (χ0v) is 46.5. The Balaban J connectivity index is 1.08. The molecule has 388 valence electrons. The average molecular weight is 1040 g/mol. The summed E-state index contributed by atoms with van der Waals surface area (Å²) in [7, 11) is 0. The lowest BCUT2D eigenvalue weighted by Gasteiger charge is -2.52. The molecule has 11 aromatic carbocycles. The van der Waals surface area contributed by atoms with E-state index < -0.39 is 0 Å². The first kappa shape index (κ1) is 47.8. The van der Waals surface area contributed by atoms with E-state index in [0.717, 1.165) is 12.8 Å². The monoisotopic (exact) mass is 1040 g/mol. The molecule has 2 unspecified atom stereocenters. The molecule has 0 saturated heterocycles. The van der Waals surface area contributed by atoms with Crippen LogP contribution in [0.1, 0.15) is 70.1 Å². The Bertz CT molecular complexity index is 3980. The lowest BCUT2D eigenvalue weighted by Crippen LogP contribution is -2.67. The summed E-state index contributed by atoms with van der Waals surface area (Å²) in [5, 5.41) is 0. The molecule has 5 aliphatic rings. The molecule has 0 bridgehead atoms. The molecule has 4 heteroatoms. The van der Waals surface area contributed by atoms with Crippen molar-refractivity contribution >= 4 is 68.6 Å². The Morgan fingerprint density at radius 2 is 0.728 bits per heavy atom. The molecule has 2 atom stereocenters. The van der Waals surface area contributed by atoms with Crippen LogP contribution < -0.4 is 31.1 Å². The van der Waals surface area contributed by atoms with E-state index in [1.54, 1.807) is 0 Å². The van der Waals surface area contributed by atoms with Crippen LogP contribution in [-0.2, 0) is 10.8 Å². The normalized spacial score (nSPS) is 18.5. The summed E-state index contributed by atoms with van der Waals surface area (Å²) in [6, 6.07) is 96.5. The minimum atomic E-state index is -0.320. The van der Waals surface area contributed by atoms with E-state index in [-0.39, 0.29) is 23.1 Å². The van der Waals surface area contributed by atoms with Gasteiger partial charge >= 0.3 is 0 Å². The number of para-hydroxylation sites is 2. The van der Waals surface area contributed by atoms with Crippen LogP contribution in [0.4, 0.5) is 45.5 Å². The SMILES string of the molecule is CC1(C)c2cccc3c2B2c4c(cc(N5c6ccc(-c7ccccc7)cc6C6(C)CCCCC56C)cc4N(c4c(-c5ccccc5)cccc4-c4ccccc4)c4cccc1c42)N3c1c(-c2ccccc2)cccc1-c1ccccc1. The van der Waals surface area contributed by atoms with Gasteiger partial charge in [0.05, 0.1) is 16.9 Å². The maximum atomic E-state index is 2.83. The zero-order chi connectivity index (χ0) is 54.2. The molecule has 0 spiro atoms. The Hall–Kier alpha value is -9.12. The Labute approximate surface area is 477 Å². The summed E-state index contributed by atoms with van der Waals surface area (Å²) in [5.74, 6) is 0. The smallest absolute Gasteiger partial charge is 0.252 e. The largest absolute Gasteiger partial charge is 0.334 e. The van der Waals surface area contributed by atoms with Gasteiger partial charge in [0.15, 0.2) is 0 Å². The van der Waals surface area contributed by atoms with E-state index >= 15 is 0 Å². The highest BCUT2D eigenvalue weighted by Crippen LogP contribution is 2.63. The van der Waals surface area contributed by atoms with Crippen LogP contribution in [-0.4, -0.2) is 12.3 Å². The van der Waals surface area contributed by atoms with Gasteiger partial charge in [0.2, 0.25) is 0 Å². The maximum Gasteiger partial charge on any atom is 0.252 e. The average Bonchev–Trinajstić information content (AvgIpc) is 2.50. The number of benzene rings is 11. The topological polar surface area (TPSA) is 9.72 Å². The zero-order valence-electron chi connectivity index (χ0n) is 46.5. The predicted molar refractivity (Wildman–Crippen MR) is 343 cm³/mol. The third-order valence-electron chi connectivity index (χ3n) is 19.8. The third kappa shape index (κ3) is 6.83. The first-order valence-corrected chi connectivity index (χ1v) is 29.3. The highest BCUT2D eigenvalue weighted by Gasteiger charge is 2.59. The predicted octanol–water partition coefficient (Wildman–Crippen LogP) is 18.5. The van der Waals surface area contributed by atoms with Gasteiger partial charge in [-0.15, -0.1) is 0 Å². The molecule has 4 heterocycles. The summed E-state index contributed by atoms with van der Waals surface area (Å²) < 4.78 is 0. The fourth-order valence-corrected chi connectivity index (χ4v) is 15.8. The Morgan fingerprint density at radius 3 is 1.17 bits per heavy atom. The lowest BCUT2D eigenvalue weighted by molar-refractivity contribution is 0.195. The first-order valence-electron chi connectivity index (χ1n) is 29.3. The van der Waals surface area contributed by atoms with Gasteiger partial charge in [0.1, 0.15) is 0 Å². The van der Waals surface area contributed by atoms with Crippen LogP contribution >= 0.6 is 0 Å². The quantitative estimate of drug-likeness (QED) is 0.140. The van der Waals surface area contributed by atoms with Crippen molar-refractivity contribution < 1.29 is 0 Å². The third-order valence-corrected chi connectivity index (χ3v) is 19.8. The van der Waals surface area contributed by atoms with Crippen molar-refractivity contribution in [1.29, 1.82) is 0 Å². The molecular formula is C77H62BN3. The van der Waals surface area contributed by atoms with Crippen LogP contribution in [0, 0.1) is 0 Å². The summed E-state index contributed by atoms with van der Waals surface area (Å²) >= 11 is 0. The van der Waals surface area contributed by atoms with Crippen molar-refractivity contribution in [1.82, 2.24) is 0 Å². The van der Waals surface area contributed by atoms with Crippen LogP contribution in [0.25, 0.3) is 55.6 Å². The molecule has 81 heavy (non-hydrogen) atoms. The second kappa shape index (κ2) is 17.9. The van der Waals surface area contributed by atoms with Gasteiger partial charge in [0, 0.05) is 67.2 Å². The molecule has 11 aromatic rings. The van der Waals surface area contributed by atoms with E-state index in [4.69, 9.17) is 0 Å². The van der Waals surface area contributed by atoms with Crippen molar-refractivity contribution in [2.75, 3.05) is 14.7 Å². The van der Waals surface area contributed by atoms with Crippen LogP contribution in [0.2, 0.25) is 0 Å². The van der Waals surface area contributed by atoms with E-state index in [1.165, 1.54) is 147 Å². The molecule has 1 aliphatic carbocycles. The van der Waals surface area contributed by atoms with Crippen LogP contribution in [0.3, 0.4) is 0 Å². The number of nitrogens with zero attached hydrogens (tertiary/aromatic N) is 3. The Morgan fingerprint density at radius 1 is 0.321 bits per heavy atom. The maximum absolute atomic E-state index is 2.83. The summed E-state index contributed by atoms with van der Waals surface area (Å²) in [4.78, 5) is 8.29. The molecule has 16 rings (SSSR count). The molecule has 0 N–H and O–H groups in total. The molecule has 1 fully saturated rings. The molecule has 3 nitrogen and oxygen atoms in total.